The van der Waals surface area contributed by atoms with E-state index in [0.29, 0.717) is 59.0 Å². The second-order valence-electron chi connectivity index (χ2n) is 6.44. The third-order valence-electron chi connectivity index (χ3n) is 4.72. The lowest BCUT2D eigenvalue weighted by molar-refractivity contribution is -0.136. The van der Waals surface area contributed by atoms with Crippen LogP contribution in [0, 0.1) is 0 Å². The summed E-state index contributed by atoms with van der Waals surface area (Å²) in [6, 6.07) is 6.00. The standard InChI is InChI=1S/C18H23F2N3O4/c19-18(20)27-15-4-2-1-3-14(15)17(25)23-7-5-21(6-8-23)13-16(24)22-9-11-26-12-10-22/h1-4,18H,5-13H2. The van der Waals surface area contributed by atoms with Crippen LogP contribution in [0.3, 0.4) is 0 Å². The summed E-state index contributed by atoms with van der Waals surface area (Å²) in [7, 11) is 0. The summed E-state index contributed by atoms with van der Waals surface area (Å²) >= 11 is 0. The van der Waals surface area contributed by atoms with Gasteiger partial charge in [0, 0.05) is 39.3 Å². The maximum absolute atomic E-state index is 12.7. The van der Waals surface area contributed by atoms with E-state index >= 15 is 0 Å². The number of morpholine rings is 1. The van der Waals surface area contributed by atoms with Crippen LogP contribution in [0.2, 0.25) is 0 Å². The Morgan fingerprint density at radius 1 is 1.00 bits per heavy atom. The van der Waals surface area contributed by atoms with Gasteiger partial charge in [0.2, 0.25) is 5.91 Å². The van der Waals surface area contributed by atoms with Crippen molar-refractivity contribution in [1.82, 2.24) is 14.7 Å². The monoisotopic (exact) mass is 383 g/mol. The molecule has 0 radical (unpaired) electrons. The lowest BCUT2D eigenvalue weighted by Crippen LogP contribution is -2.52. The van der Waals surface area contributed by atoms with Crippen LogP contribution in [0.15, 0.2) is 24.3 Å². The molecule has 27 heavy (non-hydrogen) atoms. The van der Waals surface area contributed by atoms with Crippen molar-refractivity contribution < 1.29 is 27.8 Å². The predicted octanol–water partition coefficient (Wildman–Crippen LogP) is 0.905. The van der Waals surface area contributed by atoms with E-state index in [4.69, 9.17) is 4.74 Å². The zero-order valence-corrected chi connectivity index (χ0v) is 15.0. The molecule has 7 nitrogen and oxygen atoms in total. The number of halogens is 2. The van der Waals surface area contributed by atoms with Crippen molar-refractivity contribution in [2.75, 3.05) is 59.0 Å². The van der Waals surface area contributed by atoms with E-state index in [1.54, 1.807) is 21.9 Å². The van der Waals surface area contributed by atoms with Crippen LogP contribution in [0.5, 0.6) is 5.75 Å². The molecule has 1 aromatic rings. The number of amides is 2. The number of nitrogens with zero attached hydrogens (tertiary/aromatic N) is 3. The van der Waals surface area contributed by atoms with Gasteiger partial charge in [-0.05, 0) is 12.1 Å². The Balaban J connectivity index is 1.53. The number of carbonyl (C=O) groups excluding carboxylic acids is 2. The lowest BCUT2D eigenvalue weighted by Gasteiger charge is -2.36. The Morgan fingerprint density at radius 2 is 1.67 bits per heavy atom. The number of piperazine rings is 1. The summed E-state index contributed by atoms with van der Waals surface area (Å²) in [5, 5.41) is 0. The smallest absolute Gasteiger partial charge is 0.387 e. The first-order valence-electron chi connectivity index (χ1n) is 8.95. The maximum Gasteiger partial charge on any atom is 0.387 e. The van der Waals surface area contributed by atoms with Crippen LogP contribution in [0.25, 0.3) is 0 Å². The van der Waals surface area contributed by atoms with Crippen LogP contribution in [-0.2, 0) is 9.53 Å². The molecule has 0 atom stereocenters. The first kappa shape index (κ1) is 19.5. The Hall–Kier alpha value is -2.26. The molecule has 2 saturated heterocycles. The van der Waals surface area contributed by atoms with E-state index in [1.807, 2.05) is 4.90 Å². The van der Waals surface area contributed by atoms with Gasteiger partial charge >= 0.3 is 6.61 Å². The average molecular weight is 383 g/mol. The number of hydrogen-bond acceptors (Lipinski definition) is 5. The maximum atomic E-state index is 12.7. The number of hydrogen-bond donors (Lipinski definition) is 0. The molecular formula is C18H23F2N3O4. The molecule has 0 aromatic heterocycles. The van der Waals surface area contributed by atoms with Gasteiger partial charge in [-0.3, -0.25) is 14.5 Å². The van der Waals surface area contributed by atoms with Crippen molar-refractivity contribution in [3.05, 3.63) is 29.8 Å². The minimum atomic E-state index is -2.98. The number of carbonyl (C=O) groups is 2. The van der Waals surface area contributed by atoms with Crippen LogP contribution in [0.4, 0.5) is 8.78 Å². The van der Waals surface area contributed by atoms with E-state index in [0.717, 1.165) is 0 Å². The highest BCUT2D eigenvalue weighted by molar-refractivity contribution is 5.97. The molecule has 3 rings (SSSR count). The van der Waals surface area contributed by atoms with Crippen molar-refractivity contribution in [2.24, 2.45) is 0 Å². The van der Waals surface area contributed by atoms with E-state index in [1.165, 1.54) is 12.1 Å². The predicted molar refractivity (Wildman–Crippen MR) is 92.8 cm³/mol. The van der Waals surface area contributed by atoms with Gasteiger partial charge in [0.05, 0.1) is 25.3 Å². The molecular weight excluding hydrogens is 360 g/mol. The average Bonchev–Trinajstić information content (AvgIpc) is 2.69. The summed E-state index contributed by atoms with van der Waals surface area (Å²) < 4.78 is 34.8. The van der Waals surface area contributed by atoms with Gasteiger partial charge in [-0.2, -0.15) is 8.78 Å². The normalized spacial score (nSPS) is 18.6. The largest absolute Gasteiger partial charge is 0.434 e. The molecule has 1 aromatic carbocycles. The molecule has 2 fully saturated rings. The third-order valence-corrected chi connectivity index (χ3v) is 4.72. The Morgan fingerprint density at radius 3 is 2.33 bits per heavy atom. The summed E-state index contributed by atoms with van der Waals surface area (Å²) in [5.41, 5.74) is 0.121. The molecule has 0 N–H and O–H groups in total. The van der Waals surface area contributed by atoms with Crippen LogP contribution < -0.4 is 4.74 Å². The van der Waals surface area contributed by atoms with E-state index in [2.05, 4.69) is 4.74 Å². The molecule has 148 valence electrons. The zero-order valence-electron chi connectivity index (χ0n) is 15.0. The highest BCUT2D eigenvalue weighted by atomic mass is 19.3. The van der Waals surface area contributed by atoms with Crippen LogP contribution >= 0.6 is 0 Å². The van der Waals surface area contributed by atoms with Gasteiger partial charge < -0.3 is 19.3 Å². The summed E-state index contributed by atoms with van der Waals surface area (Å²) in [6.45, 7) is 1.64. The molecule has 0 unspecified atom stereocenters. The summed E-state index contributed by atoms with van der Waals surface area (Å²) in [5.74, 6) is -0.401. The quantitative estimate of drug-likeness (QED) is 0.756. The molecule has 2 aliphatic rings. The molecule has 2 heterocycles. The summed E-state index contributed by atoms with van der Waals surface area (Å²) in [4.78, 5) is 30.4. The van der Waals surface area contributed by atoms with Crippen molar-refractivity contribution >= 4 is 11.8 Å². The molecule has 9 heteroatoms. The molecule has 0 bridgehead atoms. The highest BCUT2D eigenvalue weighted by Gasteiger charge is 2.27. The van der Waals surface area contributed by atoms with Crippen molar-refractivity contribution in [3.63, 3.8) is 0 Å². The molecule has 0 spiro atoms. The summed E-state index contributed by atoms with van der Waals surface area (Å²) in [6.07, 6.45) is 0. The third kappa shape index (κ3) is 5.14. The molecule has 2 amide bonds. The molecule has 2 aliphatic heterocycles. The van der Waals surface area contributed by atoms with Gasteiger partial charge in [-0.15, -0.1) is 0 Å². The van der Waals surface area contributed by atoms with Crippen molar-refractivity contribution in [3.8, 4) is 5.75 Å². The first-order valence-corrected chi connectivity index (χ1v) is 8.95. The number of alkyl halides is 2. The minimum Gasteiger partial charge on any atom is -0.434 e. The van der Waals surface area contributed by atoms with Gasteiger partial charge in [0.25, 0.3) is 5.91 Å². The van der Waals surface area contributed by atoms with Gasteiger partial charge in [-0.25, -0.2) is 0 Å². The lowest BCUT2D eigenvalue weighted by atomic mass is 10.1. The van der Waals surface area contributed by atoms with E-state index in [-0.39, 0.29) is 23.1 Å². The Kier molecular flexibility index (Phi) is 6.57. The fourth-order valence-corrected chi connectivity index (χ4v) is 3.23. The van der Waals surface area contributed by atoms with Gasteiger partial charge in [-0.1, -0.05) is 12.1 Å². The minimum absolute atomic E-state index is 0.0637. The SMILES string of the molecule is O=C(CN1CCN(C(=O)c2ccccc2OC(F)F)CC1)N1CCOCC1. The van der Waals surface area contributed by atoms with Crippen molar-refractivity contribution in [1.29, 1.82) is 0 Å². The fraction of sp³-hybridized carbons (Fsp3) is 0.556. The van der Waals surface area contributed by atoms with Crippen LogP contribution in [-0.4, -0.2) is 92.2 Å². The number of ether oxygens (including phenoxy) is 2. The van der Waals surface area contributed by atoms with Crippen molar-refractivity contribution in [2.45, 2.75) is 6.61 Å². The number of benzene rings is 1. The van der Waals surface area contributed by atoms with E-state index in [9.17, 15) is 18.4 Å². The molecule has 0 aliphatic carbocycles. The molecule has 0 saturated carbocycles. The fourth-order valence-electron chi connectivity index (χ4n) is 3.23. The van der Waals surface area contributed by atoms with Gasteiger partial charge in [0.15, 0.2) is 0 Å². The Labute approximate surface area is 156 Å². The number of rotatable bonds is 5. The topological polar surface area (TPSA) is 62.3 Å². The Bertz CT molecular complexity index is 660. The van der Waals surface area contributed by atoms with Gasteiger partial charge in [0.1, 0.15) is 5.75 Å². The number of para-hydroxylation sites is 1. The van der Waals surface area contributed by atoms with E-state index < -0.39 is 6.61 Å². The highest BCUT2D eigenvalue weighted by Crippen LogP contribution is 2.22. The zero-order chi connectivity index (χ0) is 19.2. The second kappa shape index (κ2) is 9.09. The first-order chi connectivity index (χ1) is 13.0. The van der Waals surface area contributed by atoms with Crippen LogP contribution in [0.1, 0.15) is 10.4 Å². The second-order valence-corrected chi connectivity index (χ2v) is 6.44.